The molecule has 0 aliphatic rings. The molecule has 0 aliphatic heterocycles. The van der Waals surface area contributed by atoms with E-state index in [2.05, 4.69) is 20.3 Å². The van der Waals surface area contributed by atoms with E-state index in [0.717, 1.165) is 17.2 Å². The van der Waals surface area contributed by atoms with Crippen LogP contribution in [0.5, 0.6) is 5.88 Å². The summed E-state index contributed by atoms with van der Waals surface area (Å²) in [7, 11) is 1.60. The molecule has 2 rings (SSSR count). The summed E-state index contributed by atoms with van der Waals surface area (Å²) < 4.78 is 4.98. The first-order valence-corrected chi connectivity index (χ1v) is 5.02. The van der Waals surface area contributed by atoms with E-state index in [1.54, 1.807) is 13.3 Å². The van der Waals surface area contributed by atoms with Gasteiger partial charge in [0.05, 0.1) is 37.4 Å². The van der Waals surface area contributed by atoms with Crippen molar-refractivity contribution in [3.8, 4) is 5.88 Å². The van der Waals surface area contributed by atoms with Crippen LogP contribution < -0.4 is 10.1 Å². The molecule has 2 N–H and O–H groups in total. The second-order valence-corrected chi connectivity index (χ2v) is 3.44. The van der Waals surface area contributed by atoms with E-state index in [0.29, 0.717) is 12.4 Å². The van der Waals surface area contributed by atoms with Gasteiger partial charge in [-0.2, -0.15) is 0 Å². The number of ether oxygens (including phenoxy) is 1. The Morgan fingerprint density at radius 2 is 2.19 bits per heavy atom. The summed E-state index contributed by atoms with van der Waals surface area (Å²) in [4.78, 5) is 11.4. The molecule has 0 amide bonds. The normalized spacial score (nSPS) is 10.1. The molecule has 0 spiro atoms. The number of aromatic nitrogens is 3. The monoisotopic (exact) mass is 218 g/mol. The predicted molar refractivity (Wildman–Crippen MR) is 61.4 cm³/mol. The summed E-state index contributed by atoms with van der Waals surface area (Å²) in [6.45, 7) is 2.63. The summed E-state index contributed by atoms with van der Waals surface area (Å²) >= 11 is 0. The smallest absolute Gasteiger partial charge is 0.213 e. The Bertz CT molecular complexity index is 449. The molecule has 5 heteroatoms. The van der Waals surface area contributed by atoms with Crippen LogP contribution in [0.15, 0.2) is 24.5 Å². The average Bonchev–Trinajstić information content (AvgIpc) is 2.73. The van der Waals surface area contributed by atoms with Gasteiger partial charge >= 0.3 is 0 Å². The molecule has 0 bridgehead atoms. The Balaban J connectivity index is 1.94. The predicted octanol–water partition coefficient (Wildman–Crippen LogP) is 1.73. The standard InChI is InChI=1S/C11H14N4O/c1-8-12-6-10(15-8)7-13-9-3-4-11(16-2)14-5-9/h3-6,13H,7H2,1-2H3,(H,12,15). The van der Waals surface area contributed by atoms with E-state index in [1.165, 1.54) is 0 Å². The van der Waals surface area contributed by atoms with Gasteiger partial charge in [-0.1, -0.05) is 0 Å². The number of hydrogen-bond donors (Lipinski definition) is 2. The number of imidazole rings is 1. The van der Waals surface area contributed by atoms with Crippen molar-refractivity contribution >= 4 is 5.69 Å². The minimum Gasteiger partial charge on any atom is -0.481 e. The topological polar surface area (TPSA) is 62.8 Å². The number of methoxy groups -OCH3 is 1. The van der Waals surface area contributed by atoms with Crippen molar-refractivity contribution in [3.63, 3.8) is 0 Å². The Kier molecular flexibility index (Phi) is 3.05. The molecule has 5 nitrogen and oxygen atoms in total. The Labute approximate surface area is 93.9 Å². The lowest BCUT2D eigenvalue weighted by Crippen LogP contribution is -2.00. The van der Waals surface area contributed by atoms with Crippen LogP contribution in [-0.4, -0.2) is 22.1 Å². The first-order valence-electron chi connectivity index (χ1n) is 5.02. The zero-order valence-electron chi connectivity index (χ0n) is 9.32. The van der Waals surface area contributed by atoms with Crippen LogP contribution in [-0.2, 0) is 6.54 Å². The highest BCUT2D eigenvalue weighted by molar-refractivity contribution is 5.42. The van der Waals surface area contributed by atoms with E-state index < -0.39 is 0 Å². The van der Waals surface area contributed by atoms with Gasteiger partial charge in [-0.15, -0.1) is 0 Å². The molecular formula is C11H14N4O. The van der Waals surface area contributed by atoms with E-state index in [-0.39, 0.29) is 0 Å². The molecule has 0 aromatic carbocycles. The Hall–Kier alpha value is -2.04. The fourth-order valence-electron chi connectivity index (χ4n) is 1.36. The first kappa shape index (κ1) is 10.5. The highest BCUT2D eigenvalue weighted by Gasteiger charge is 1.98. The second kappa shape index (κ2) is 4.65. The molecule has 16 heavy (non-hydrogen) atoms. The molecule has 0 saturated carbocycles. The third-order valence-electron chi connectivity index (χ3n) is 2.18. The largest absolute Gasteiger partial charge is 0.481 e. The minimum absolute atomic E-state index is 0.614. The van der Waals surface area contributed by atoms with Gasteiger partial charge in [-0.3, -0.25) is 0 Å². The molecule has 2 heterocycles. The van der Waals surface area contributed by atoms with E-state index in [9.17, 15) is 0 Å². The molecule has 0 radical (unpaired) electrons. The third-order valence-corrected chi connectivity index (χ3v) is 2.18. The summed E-state index contributed by atoms with van der Waals surface area (Å²) in [6.07, 6.45) is 3.56. The lowest BCUT2D eigenvalue weighted by atomic mass is 10.4. The highest BCUT2D eigenvalue weighted by atomic mass is 16.5. The molecule has 84 valence electrons. The SMILES string of the molecule is COc1ccc(NCc2cnc(C)[nH]2)cn1. The van der Waals surface area contributed by atoms with Crippen molar-refractivity contribution in [2.75, 3.05) is 12.4 Å². The van der Waals surface area contributed by atoms with Crippen LogP contribution >= 0.6 is 0 Å². The van der Waals surface area contributed by atoms with Gasteiger partial charge in [0.1, 0.15) is 5.82 Å². The van der Waals surface area contributed by atoms with Gasteiger partial charge in [-0.25, -0.2) is 9.97 Å². The summed E-state index contributed by atoms with van der Waals surface area (Å²) in [5.41, 5.74) is 2.00. The maximum absolute atomic E-state index is 4.98. The van der Waals surface area contributed by atoms with Crippen LogP contribution in [0.25, 0.3) is 0 Å². The van der Waals surface area contributed by atoms with Crippen LogP contribution in [0.3, 0.4) is 0 Å². The van der Waals surface area contributed by atoms with Crippen LogP contribution in [0, 0.1) is 6.92 Å². The van der Waals surface area contributed by atoms with Gasteiger partial charge in [0.25, 0.3) is 0 Å². The second-order valence-electron chi connectivity index (χ2n) is 3.44. The molecule has 0 unspecified atom stereocenters. The van der Waals surface area contributed by atoms with Crippen molar-refractivity contribution < 1.29 is 4.74 Å². The molecule has 2 aromatic heterocycles. The molecule has 0 fully saturated rings. The molecular weight excluding hydrogens is 204 g/mol. The van der Waals surface area contributed by atoms with Gasteiger partial charge in [0.15, 0.2) is 0 Å². The fourth-order valence-corrected chi connectivity index (χ4v) is 1.36. The number of anilines is 1. The number of nitrogens with one attached hydrogen (secondary N) is 2. The summed E-state index contributed by atoms with van der Waals surface area (Å²) in [5.74, 6) is 1.53. The zero-order chi connectivity index (χ0) is 11.4. The van der Waals surface area contributed by atoms with Crippen molar-refractivity contribution in [1.82, 2.24) is 15.0 Å². The molecule has 0 aliphatic carbocycles. The highest BCUT2D eigenvalue weighted by Crippen LogP contribution is 2.11. The van der Waals surface area contributed by atoms with Gasteiger partial charge in [-0.05, 0) is 13.0 Å². The number of aryl methyl sites for hydroxylation is 1. The molecule has 2 aromatic rings. The van der Waals surface area contributed by atoms with E-state index in [4.69, 9.17) is 4.74 Å². The van der Waals surface area contributed by atoms with Gasteiger partial charge in [0, 0.05) is 6.07 Å². The number of aromatic amines is 1. The van der Waals surface area contributed by atoms with Crippen molar-refractivity contribution in [3.05, 3.63) is 36.0 Å². The average molecular weight is 218 g/mol. The maximum atomic E-state index is 4.98. The number of rotatable bonds is 4. The molecule has 0 saturated heterocycles. The zero-order valence-corrected chi connectivity index (χ0v) is 9.32. The molecule has 0 atom stereocenters. The van der Waals surface area contributed by atoms with E-state index in [1.807, 2.05) is 25.3 Å². The Morgan fingerprint density at radius 3 is 2.75 bits per heavy atom. The number of H-pyrrole nitrogens is 1. The van der Waals surface area contributed by atoms with Crippen LogP contribution in [0.2, 0.25) is 0 Å². The lowest BCUT2D eigenvalue weighted by molar-refractivity contribution is 0.398. The van der Waals surface area contributed by atoms with E-state index >= 15 is 0 Å². The summed E-state index contributed by atoms with van der Waals surface area (Å²) in [6, 6.07) is 3.75. The minimum atomic E-state index is 0.614. The Morgan fingerprint density at radius 1 is 1.31 bits per heavy atom. The van der Waals surface area contributed by atoms with Crippen LogP contribution in [0.1, 0.15) is 11.5 Å². The third kappa shape index (κ3) is 2.50. The van der Waals surface area contributed by atoms with Crippen molar-refractivity contribution in [1.29, 1.82) is 0 Å². The first-order chi connectivity index (χ1) is 7.78. The van der Waals surface area contributed by atoms with Gasteiger partial charge < -0.3 is 15.0 Å². The lowest BCUT2D eigenvalue weighted by Gasteiger charge is -2.04. The quantitative estimate of drug-likeness (QED) is 0.820. The number of hydrogen-bond acceptors (Lipinski definition) is 4. The summed E-state index contributed by atoms with van der Waals surface area (Å²) in [5, 5.41) is 3.24. The van der Waals surface area contributed by atoms with Gasteiger partial charge in [0.2, 0.25) is 5.88 Å². The number of pyridine rings is 1. The fraction of sp³-hybridized carbons (Fsp3) is 0.273. The van der Waals surface area contributed by atoms with Crippen molar-refractivity contribution in [2.45, 2.75) is 13.5 Å². The maximum Gasteiger partial charge on any atom is 0.213 e. The van der Waals surface area contributed by atoms with Crippen LogP contribution in [0.4, 0.5) is 5.69 Å². The van der Waals surface area contributed by atoms with Crippen molar-refractivity contribution in [2.24, 2.45) is 0 Å². The number of nitrogens with zero attached hydrogens (tertiary/aromatic N) is 2.